The Kier molecular flexibility index (Phi) is 3.26. The van der Waals surface area contributed by atoms with Gasteiger partial charge < -0.3 is 5.11 Å². The molecule has 1 aromatic carbocycles. The second-order valence-corrected chi connectivity index (χ2v) is 6.37. The standard InChI is InChI=1S/C14H16BrFO2/c1-13(2,16)10-4-3-9(7-11(10)15)14(5-6-14)8-12(17)18/h3-4,7H,5-6,8H2,1-2H3,(H,17,18). The maximum absolute atomic E-state index is 13.9. The van der Waals surface area contributed by atoms with Crippen LogP contribution in [0.1, 0.15) is 44.2 Å². The summed E-state index contributed by atoms with van der Waals surface area (Å²) < 4.78 is 14.6. The number of hydrogen-bond donors (Lipinski definition) is 1. The molecule has 2 rings (SSSR count). The first-order valence-electron chi connectivity index (χ1n) is 5.96. The van der Waals surface area contributed by atoms with Crippen molar-refractivity contribution in [3.8, 4) is 0 Å². The van der Waals surface area contributed by atoms with Crippen molar-refractivity contribution in [2.24, 2.45) is 0 Å². The summed E-state index contributed by atoms with van der Waals surface area (Å²) in [5.41, 5.74) is -0.0454. The Hall–Kier alpha value is -0.900. The van der Waals surface area contributed by atoms with Gasteiger partial charge in [-0.2, -0.15) is 0 Å². The molecular formula is C14H16BrFO2. The predicted molar refractivity (Wildman–Crippen MR) is 71.4 cm³/mol. The molecular weight excluding hydrogens is 299 g/mol. The molecule has 0 heterocycles. The lowest BCUT2D eigenvalue weighted by Gasteiger charge is -2.20. The van der Waals surface area contributed by atoms with E-state index in [1.807, 2.05) is 12.1 Å². The molecule has 2 nitrogen and oxygen atoms in total. The molecule has 0 radical (unpaired) electrons. The van der Waals surface area contributed by atoms with Crippen LogP contribution in [0.5, 0.6) is 0 Å². The Bertz CT molecular complexity index is 487. The van der Waals surface area contributed by atoms with Gasteiger partial charge in [0.05, 0.1) is 6.42 Å². The molecule has 1 fully saturated rings. The van der Waals surface area contributed by atoms with Crippen LogP contribution in [-0.2, 0) is 15.9 Å². The van der Waals surface area contributed by atoms with Gasteiger partial charge in [0.2, 0.25) is 0 Å². The van der Waals surface area contributed by atoms with E-state index >= 15 is 0 Å². The number of halogens is 2. The van der Waals surface area contributed by atoms with Crippen LogP contribution in [0.25, 0.3) is 0 Å². The van der Waals surface area contributed by atoms with Crippen LogP contribution in [-0.4, -0.2) is 11.1 Å². The Morgan fingerprint density at radius 3 is 2.50 bits per heavy atom. The van der Waals surface area contributed by atoms with Gasteiger partial charge in [-0.05, 0) is 38.3 Å². The molecule has 0 bridgehead atoms. The molecule has 1 saturated carbocycles. The highest BCUT2D eigenvalue weighted by Gasteiger charge is 2.46. The molecule has 0 saturated heterocycles. The minimum absolute atomic E-state index is 0.151. The Morgan fingerprint density at radius 1 is 1.50 bits per heavy atom. The minimum atomic E-state index is -1.40. The zero-order chi connectivity index (χ0) is 13.6. The molecule has 0 aliphatic heterocycles. The van der Waals surface area contributed by atoms with Gasteiger partial charge in [0.1, 0.15) is 5.67 Å². The summed E-state index contributed by atoms with van der Waals surface area (Å²) in [5, 5.41) is 8.93. The molecule has 4 heteroatoms. The van der Waals surface area contributed by atoms with E-state index in [9.17, 15) is 9.18 Å². The second kappa shape index (κ2) is 4.34. The maximum Gasteiger partial charge on any atom is 0.304 e. The number of carbonyl (C=O) groups is 1. The number of benzene rings is 1. The zero-order valence-electron chi connectivity index (χ0n) is 10.5. The minimum Gasteiger partial charge on any atom is -0.481 e. The molecule has 0 atom stereocenters. The third-order valence-corrected chi connectivity index (χ3v) is 4.22. The molecule has 1 N–H and O–H groups in total. The zero-order valence-corrected chi connectivity index (χ0v) is 12.1. The number of carboxylic acid groups (broad SMARTS) is 1. The molecule has 18 heavy (non-hydrogen) atoms. The van der Waals surface area contributed by atoms with E-state index in [-0.39, 0.29) is 11.8 Å². The first kappa shape index (κ1) is 13.5. The van der Waals surface area contributed by atoms with E-state index in [0.717, 1.165) is 18.4 Å². The smallest absolute Gasteiger partial charge is 0.304 e. The van der Waals surface area contributed by atoms with Crippen LogP contribution in [0, 0.1) is 0 Å². The fraction of sp³-hybridized carbons (Fsp3) is 0.500. The van der Waals surface area contributed by atoms with Crippen LogP contribution in [0.3, 0.4) is 0 Å². The molecule has 1 aliphatic carbocycles. The highest BCUT2D eigenvalue weighted by Crippen LogP contribution is 2.52. The van der Waals surface area contributed by atoms with Crippen molar-refractivity contribution in [1.82, 2.24) is 0 Å². The highest BCUT2D eigenvalue weighted by molar-refractivity contribution is 9.10. The summed E-state index contributed by atoms with van der Waals surface area (Å²) in [7, 11) is 0. The Labute approximate surface area is 114 Å². The van der Waals surface area contributed by atoms with Crippen molar-refractivity contribution in [1.29, 1.82) is 0 Å². The Morgan fingerprint density at radius 2 is 2.11 bits per heavy atom. The monoisotopic (exact) mass is 314 g/mol. The normalized spacial score (nSPS) is 17.6. The third-order valence-electron chi connectivity index (χ3n) is 3.57. The Balaban J connectivity index is 2.33. The van der Waals surface area contributed by atoms with Gasteiger partial charge in [-0.3, -0.25) is 4.79 Å². The van der Waals surface area contributed by atoms with Crippen molar-refractivity contribution in [3.63, 3.8) is 0 Å². The SMILES string of the molecule is CC(C)(F)c1ccc(C2(CC(=O)O)CC2)cc1Br. The quantitative estimate of drug-likeness (QED) is 0.906. The molecule has 0 unspecified atom stereocenters. The van der Waals surface area contributed by atoms with E-state index in [2.05, 4.69) is 15.9 Å². The first-order valence-corrected chi connectivity index (χ1v) is 6.75. The van der Waals surface area contributed by atoms with Gasteiger partial charge in [0.15, 0.2) is 0 Å². The summed E-state index contributed by atoms with van der Waals surface area (Å²) >= 11 is 3.38. The van der Waals surface area contributed by atoms with Crippen LogP contribution in [0.4, 0.5) is 4.39 Å². The summed E-state index contributed by atoms with van der Waals surface area (Å²) in [5.74, 6) is -0.779. The maximum atomic E-state index is 13.9. The van der Waals surface area contributed by atoms with Crippen LogP contribution >= 0.6 is 15.9 Å². The summed E-state index contributed by atoms with van der Waals surface area (Å²) in [6.45, 7) is 3.02. The average molecular weight is 315 g/mol. The summed E-state index contributed by atoms with van der Waals surface area (Å²) in [4.78, 5) is 10.9. The molecule has 1 aromatic rings. The number of alkyl halides is 1. The van der Waals surface area contributed by atoms with Gasteiger partial charge in [0.25, 0.3) is 0 Å². The molecule has 0 aromatic heterocycles. The molecule has 1 aliphatic rings. The summed E-state index contributed by atoms with van der Waals surface area (Å²) in [6.07, 6.45) is 1.94. The van der Waals surface area contributed by atoms with E-state index in [0.29, 0.717) is 10.0 Å². The van der Waals surface area contributed by atoms with Gasteiger partial charge in [-0.1, -0.05) is 28.1 Å². The van der Waals surface area contributed by atoms with Gasteiger partial charge in [-0.15, -0.1) is 0 Å². The van der Waals surface area contributed by atoms with E-state index in [1.165, 1.54) is 13.8 Å². The fourth-order valence-corrected chi connectivity index (χ4v) is 3.19. The third kappa shape index (κ3) is 2.58. The number of hydrogen-bond acceptors (Lipinski definition) is 1. The van der Waals surface area contributed by atoms with E-state index in [4.69, 9.17) is 5.11 Å². The van der Waals surface area contributed by atoms with Crippen molar-refractivity contribution in [3.05, 3.63) is 33.8 Å². The largest absolute Gasteiger partial charge is 0.481 e. The predicted octanol–water partition coefficient (Wildman–Crippen LogP) is 4.16. The van der Waals surface area contributed by atoms with Crippen molar-refractivity contribution in [2.45, 2.75) is 44.2 Å². The molecule has 0 amide bonds. The lowest BCUT2D eigenvalue weighted by atomic mass is 9.90. The topological polar surface area (TPSA) is 37.3 Å². The van der Waals surface area contributed by atoms with Gasteiger partial charge in [0, 0.05) is 15.5 Å². The first-order chi connectivity index (χ1) is 8.24. The molecule has 0 spiro atoms. The van der Waals surface area contributed by atoms with Crippen molar-refractivity contribution >= 4 is 21.9 Å². The fourth-order valence-electron chi connectivity index (χ4n) is 2.33. The number of carboxylic acids is 1. The van der Waals surface area contributed by atoms with Crippen LogP contribution < -0.4 is 0 Å². The van der Waals surface area contributed by atoms with Crippen molar-refractivity contribution < 1.29 is 14.3 Å². The average Bonchev–Trinajstić information content (AvgIpc) is 2.95. The lowest BCUT2D eigenvalue weighted by molar-refractivity contribution is -0.137. The van der Waals surface area contributed by atoms with Crippen LogP contribution in [0.15, 0.2) is 22.7 Å². The molecule has 98 valence electrons. The number of aliphatic carboxylic acids is 1. The van der Waals surface area contributed by atoms with Crippen LogP contribution in [0.2, 0.25) is 0 Å². The van der Waals surface area contributed by atoms with Crippen molar-refractivity contribution in [2.75, 3.05) is 0 Å². The second-order valence-electron chi connectivity index (χ2n) is 5.52. The highest BCUT2D eigenvalue weighted by atomic mass is 79.9. The van der Waals surface area contributed by atoms with Gasteiger partial charge in [-0.25, -0.2) is 4.39 Å². The summed E-state index contributed by atoms with van der Waals surface area (Å²) in [6, 6.07) is 5.48. The number of rotatable bonds is 4. The van der Waals surface area contributed by atoms with Gasteiger partial charge >= 0.3 is 5.97 Å². The van der Waals surface area contributed by atoms with E-state index in [1.54, 1.807) is 6.07 Å². The lowest BCUT2D eigenvalue weighted by Crippen LogP contribution is -2.15. The van der Waals surface area contributed by atoms with E-state index < -0.39 is 11.6 Å².